The van der Waals surface area contributed by atoms with Gasteiger partial charge in [-0.15, -0.1) is 5.10 Å². The molecular formula is C28H35N7O6. The molecular weight excluding hydrogens is 530 g/mol. The van der Waals surface area contributed by atoms with Crippen LogP contribution in [0.1, 0.15) is 25.0 Å². The number of aliphatic hydroxyl groups is 1. The lowest BCUT2D eigenvalue weighted by Crippen LogP contribution is -2.47. The zero-order valence-corrected chi connectivity index (χ0v) is 23.4. The summed E-state index contributed by atoms with van der Waals surface area (Å²) in [4.78, 5) is 29.9. The number of likely N-dealkylation sites (N-methyl/N-ethyl adjacent to an activating group) is 1. The second-order valence-electron chi connectivity index (χ2n) is 10.7. The highest BCUT2D eigenvalue weighted by Crippen LogP contribution is 2.33. The van der Waals surface area contributed by atoms with Crippen molar-refractivity contribution in [3.63, 3.8) is 0 Å². The van der Waals surface area contributed by atoms with Crippen LogP contribution < -0.4 is 19.5 Å². The molecule has 2 aromatic carbocycles. The molecule has 13 nitrogen and oxygen atoms in total. The lowest BCUT2D eigenvalue weighted by atomic mass is 10.0. The van der Waals surface area contributed by atoms with E-state index in [9.17, 15) is 14.7 Å². The molecule has 2 aliphatic rings. The molecule has 218 valence electrons. The first-order valence-electron chi connectivity index (χ1n) is 13.6. The van der Waals surface area contributed by atoms with E-state index >= 15 is 0 Å². The van der Waals surface area contributed by atoms with Crippen LogP contribution in [-0.2, 0) is 29.1 Å². The Bertz CT molecular complexity index is 1370. The molecule has 1 aromatic heterocycles. The van der Waals surface area contributed by atoms with E-state index in [4.69, 9.17) is 14.2 Å². The number of amides is 2. The van der Waals surface area contributed by atoms with E-state index in [-0.39, 0.29) is 56.2 Å². The van der Waals surface area contributed by atoms with E-state index in [1.165, 1.54) is 11.0 Å². The SMILES string of the molecule is C[C@H]1CN([C@@H](C)CO)C(=O)Cc2cc(NC(=O)Cn3cnnn3)ccc2O[C@H]1CN(C)Cc1ccc2c(c1)OCO2. The van der Waals surface area contributed by atoms with Crippen LogP contribution in [-0.4, -0.2) is 92.6 Å². The number of hydrogen-bond donors (Lipinski definition) is 2. The molecule has 0 spiro atoms. The summed E-state index contributed by atoms with van der Waals surface area (Å²) in [7, 11) is 2.02. The number of carbonyl (C=O) groups is 2. The summed E-state index contributed by atoms with van der Waals surface area (Å²) in [5.74, 6) is 1.62. The first-order valence-corrected chi connectivity index (χ1v) is 13.6. The van der Waals surface area contributed by atoms with Gasteiger partial charge < -0.3 is 29.5 Å². The van der Waals surface area contributed by atoms with Gasteiger partial charge in [0.15, 0.2) is 11.5 Å². The molecule has 0 radical (unpaired) electrons. The summed E-state index contributed by atoms with van der Waals surface area (Å²) in [6, 6.07) is 10.9. The van der Waals surface area contributed by atoms with Gasteiger partial charge in [0, 0.05) is 36.8 Å². The number of fused-ring (bicyclic) bond motifs is 2. The van der Waals surface area contributed by atoms with Crippen LogP contribution in [0, 0.1) is 5.92 Å². The van der Waals surface area contributed by atoms with Gasteiger partial charge in [-0.2, -0.15) is 0 Å². The Kier molecular flexibility index (Phi) is 8.64. The fourth-order valence-electron chi connectivity index (χ4n) is 5.05. The molecule has 2 aliphatic heterocycles. The number of nitrogens with zero attached hydrogens (tertiary/aromatic N) is 6. The third-order valence-electron chi connectivity index (χ3n) is 7.28. The number of ether oxygens (including phenoxy) is 3. The molecule has 0 bridgehead atoms. The Labute approximate surface area is 238 Å². The zero-order chi connectivity index (χ0) is 28.9. The second-order valence-corrected chi connectivity index (χ2v) is 10.7. The fourth-order valence-corrected chi connectivity index (χ4v) is 5.05. The zero-order valence-electron chi connectivity index (χ0n) is 23.4. The smallest absolute Gasteiger partial charge is 0.246 e. The molecule has 0 unspecified atom stereocenters. The van der Waals surface area contributed by atoms with Gasteiger partial charge in [-0.1, -0.05) is 13.0 Å². The van der Waals surface area contributed by atoms with Crippen molar-refractivity contribution in [2.45, 2.75) is 45.5 Å². The molecule has 2 N–H and O–H groups in total. The molecule has 0 aliphatic carbocycles. The van der Waals surface area contributed by atoms with Crippen molar-refractivity contribution in [3.8, 4) is 17.2 Å². The standard InChI is InChI=1S/C28H35N7O6/c1-18-11-35(19(2)15-36)28(38)10-21-9-22(30-27(37)14-34-16-29-31-32-34)5-7-23(21)41-26(18)13-33(3)12-20-4-6-24-25(8-20)40-17-39-24/h4-9,16,18-19,26,36H,10-15,17H2,1-3H3,(H,30,37)/t18-,19-,26-/m0/s1. The lowest BCUT2D eigenvalue weighted by Gasteiger charge is -2.34. The number of tetrazole rings is 1. The predicted octanol–water partition coefficient (Wildman–Crippen LogP) is 1.32. The molecule has 3 aromatic rings. The van der Waals surface area contributed by atoms with Crippen LogP contribution >= 0.6 is 0 Å². The highest BCUT2D eigenvalue weighted by atomic mass is 16.7. The van der Waals surface area contributed by atoms with E-state index in [2.05, 4.69) is 32.7 Å². The monoisotopic (exact) mass is 565 g/mol. The van der Waals surface area contributed by atoms with Crippen LogP contribution in [0.3, 0.4) is 0 Å². The Hall–Kier alpha value is -4.23. The van der Waals surface area contributed by atoms with Crippen molar-refractivity contribution in [1.82, 2.24) is 30.0 Å². The van der Waals surface area contributed by atoms with Gasteiger partial charge in [-0.25, -0.2) is 4.68 Å². The maximum absolute atomic E-state index is 13.5. The van der Waals surface area contributed by atoms with Crippen molar-refractivity contribution in [2.24, 2.45) is 5.92 Å². The van der Waals surface area contributed by atoms with E-state index in [0.717, 1.165) is 17.1 Å². The van der Waals surface area contributed by atoms with Gasteiger partial charge in [0.25, 0.3) is 0 Å². The normalized spacial score (nSPS) is 19.1. The van der Waals surface area contributed by atoms with Gasteiger partial charge in [0.05, 0.1) is 19.1 Å². The van der Waals surface area contributed by atoms with Gasteiger partial charge >= 0.3 is 0 Å². The Balaban J connectivity index is 1.35. The predicted molar refractivity (Wildman–Crippen MR) is 147 cm³/mol. The largest absolute Gasteiger partial charge is 0.488 e. The van der Waals surface area contributed by atoms with Gasteiger partial charge in [0.1, 0.15) is 24.7 Å². The minimum Gasteiger partial charge on any atom is -0.488 e. The van der Waals surface area contributed by atoms with Crippen LogP contribution in [0.2, 0.25) is 0 Å². The average Bonchev–Trinajstić information content (AvgIpc) is 3.63. The van der Waals surface area contributed by atoms with Gasteiger partial charge in [0.2, 0.25) is 18.6 Å². The van der Waals surface area contributed by atoms with E-state index in [0.29, 0.717) is 36.6 Å². The van der Waals surface area contributed by atoms with E-state index in [1.54, 1.807) is 23.1 Å². The van der Waals surface area contributed by atoms with E-state index in [1.807, 2.05) is 32.2 Å². The Morgan fingerprint density at radius 3 is 2.78 bits per heavy atom. The van der Waals surface area contributed by atoms with Crippen molar-refractivity contribution in [2.75, 3.05) is 38.9 Å². The highest BCUT2D eigenvalue weighted by Gasteiger charge is 2.31. The number of aliphatic hydroxyl groups excluding tert-OH is 1. The Morgan fingerprint density at radius 1 is 1.20 bits per heavy atom. The lowest BCUT2D eigenvalue weighted by molar-refractivity contribution is -0.134. The van der Waals surface area contributed by atoms with Crippen molar-refractivity contribution >= 4 is 17.5 Å². The Morgan fingerprint density at radius 2 is 2.00 bits per heavy atom. The second kappa shape index (κ2) is 12.5. The minimum atomic E-state index is -0.349. The fraction of sp³-hybridized carbons (Fsp3) is 0.464. The van der Waals surface area contributed by atoms with Crippen LogP contribution in [0.4, 0.5) is 5.69 Å². The number of benzene rings is 2. The topological polar surface area (TPSA) is 144 Å². The molecule has 3 atom stereocenters. The summed E-state index contributed by atoms with van der Waals surface area (Å²) in [6.45, 7) is 5.63. The molecule has 5 rings (SSSR count). The summed E-state index contributed by atoms with van der Waals surface area (Å²) in [5.41, 5.74) is 2.27. The van der Waals surface area contributed by atoms with Crippen LogP contribution in [0.25, 0.3) is 0 Å². The van der Waals surface area contributed by atoms with Gasteiger partial charge in [-0.3, -0.25) is 14.5 Å². The molecule has 2 amide bonds. The summed E-state index contributed by atoms with van der Waals surface area (Å²) >= 11 is 0. The third kappa shape index (κ3) is 6.92. The number of hydrogen-bond acceptors (Lipinski definition) is 10. The quantitative estimate of drug-likeness (QED) is 0.390. The van der Waals surface area contributed by atoms with Crippen LogP contribution in [0.5, 0.6) is 17.2 Å². The molecule has 0 fully saturated rings. The average molecular weight is 566 g/mol. The first kappa shape index (κ1) is 28.3. The number of aromatic nitrogens is 4. The maximum atomic E-state index is 13.5. The summed E-state index contributed by atoms with van der Waals surface area (Å²) in [6.07, 6.45) is 1.17. The van der Waals surface area contributed by atoms with Crippen molar-refractivity contribution < 1.29 is 28.9 Å². The van der Waals surface area contributed by atoms with Gasteiger partial charge in [-0.05, 0) is 60.3 Å². The molecule has 13 heteroatoms. The van der Waals surface area contributed by atoms with Crippen molar-refractivity contribution in [3.05, 3.63) is 53.9 Å². The first-order chi connectivity index (χ1) is 19.8. The minimum absolute atomic E-state index is 0.0335. The van der Waals surface area contributed by atoms with Crippen molar-refractivity contribution in [1.29, 1.82) is 0 Å². The number of rotatable bonds is 9. The number of carbonyl (C=O) groups excluding carboxylic acids is 2. The van der Waals surface area contributed by atoms with Crippen LogP contribution in [0.15, 0.2) is 42.7 Å². The molecule has 0 saturated carbocycles. The third-order valence-corrected chi connectivity index (χ3v) is 7.28. The molecule has 41 heavy (non-hydrogen) atoms. The highest BCUT2D eigenvalue weighted by molar-refractivity contribution is 5.91. The van der Waals surface area contributed by atoms with E-state index < -0.39 is 0 Å². The maximum Gasteiger partial charge on any atom is 0.246 e. The molecule has 3 heterocycles. The number of nitrogens with one attached hydrogen (secondary N) is 1. The summed E-state index contributed by atoms with van der Waals surface area (Å²) in [5, 5.41) is 23.5. The number of anilines is 1. The molecule has 0 saturated heterocycles. The summed E-state index contributed by atoms with van der Waals surface area (Å²) < 4.78 is 18.9.